The van der Waals surface area contributed by atoms with Gasteiger partial charge in [-0.3, -0.25) is 14.4 Å². The highest BCUT2D eigenvalue weighted by atomic mass is 19.3. The molecular weight excluding hydrogens is 418 g/mol. The highest BCUT2D eigenvalue weighted by Gasteiger charge is 2.37. The Labute approximate surface area is 182 Å². The van der Waals surface area contributed by atoms with Crippen molar-refractivity contribution in [1.29, 1.82) is 0 Å². The summed E-state index contributed by atoms with van der Waals surface area (Å²) in [5.74, 6) is -1.33. The van der Waals surface area contributed by atoms with Crippen molar-refractivity contribution in [2.75, 3.05) is 4.90 Å². The molecule has 0 saturated carbocycles. The zero-order valence-electron chi connectivity index (χ0n) is 17.0. The van der Waals surface area contributed by atoms with E-state index in [0.717, 1.165) is 10.5 Å². The number of benzene rings is 3. The van der Waals surface area contributed by atoms with Crippen molar-refractivity contribution in [1.82, 2.24) is 5.32 Å². The molecule has 0 spiro atoms. The van der Waals surface area contributed by atoms with Crippen LogP contribution in [-0.4, -0.2) is 24.3 Å². The lowest BCUT2D eigenvalue weighted by Crippen LogP contribution is -2.30. The average Bonchev–Trinajstić information content (AvgIpc) is 3.02. The third-order valence-corrected chi connectivity index (χ3v) is 5.11. The number of hydrogen-bond donors (Lipinski definition) is 1. The molecule has 0 bridgehead atoms. The SMILES string of the molecule is Cc1ccccc1N1C(=O)c2ccc(C(=O)NCc3ccc(OC(F)F)cc3)cc2C1=O. The molecule has 4 rings (SSSR count). The molecular formula is C24H18F2N2O4. The number of ether oxygens (including phenoxy) is 1. The lowest BCUT2D eigenvalue weighted by molar-refractivity contribution is -0.0498. The van der Waals surface area contributed by atoms with E-state index in [-0.39, 0.29) is 29.0 Å². The van der Waals surface area contributed by atoms with E-state index in [1.807, 2.05) is 19.1 Å². The maximum absolute atomic E-state index is 12.9. The average molecular weight is 436 g/mol. The van der Waals surface area contributed by atoms with E-state index < -0.39 is 24.3 Å². The van der Waals surface area contributed by atoms with Crippen molar-refractivity contribution in [2.24, 2.45) is 0 Å². The number of fused-ring (bicyclic) bond motifs is 1. The van der Waals surface area contributed by atoms with Gasteiger partial charge in [0.05, 0.1) is 16.8 Å². The maximum atomic E-state index is 12.9. The molecule has 1 N–H and O–H groups in total. The van der Waals surface area contributed by atoms with E-state index in [0.29, 0.717) is 11.3 Å². The van der Waals surface area contributed by atoms with Gasteiger partial charge < -0.3 is 10.1 Å². The van der Waals surface area contributed by atoms with Crippen molar-refractivity contribution >= 4 is 23.4 Å². The number of amides is 3. The molecule has 8 heteroatoms. The highest BCUT2D eigenvalue weighted by Crippen LogP contribution is 2.31. The van der Waals surface area contributed by atoms with Crippen LogP contribution in [-0.2, 0) is 6.54 Å². The van der Waals surface area contributed by atoms with E-state index in [2.05, 4.69) is 10.1 Å². The van der Waals surface area contributed by atoms with E-state index in [9.17, 15) is 23.2 Å². The minimum atomic E-state index is -2.91. The van der Waals surface area contributed by atoms with Gasteiger partial charge in [0.15, 0.2) is 0 Å². The first kappa shape index (κ1) is 21.2. The zero-order chi connectivity index (χ0) is 22.8. The van der Waals surface area contributed by atoms with E-state index in [1.54, 1.807) is 24.3 Å². The summed E-state index contributed by atoms with van der Waals surface area (Å²) >= 11 is 0. The van der Waals surface area contributed by atoms with E-state index in [1.165, 1.54) is 30.3 Å². The number of halogens is 2. The molecule has 0 aliphatic carbocycles. The van der Waals surface area contributed by atoms with Crippen molar-refractivity contribution in [3.8, 4) is 5.75 Å². The molecule has 3 amide bonds. The first-order valence-electron chi connectivity index (χ1n) is 9.75. The van der Waals surface area contributed by atoms with Crippen LogP contribution in [0.2, 0.25) is 0 Å². The molecule has 0 unspecified atom stereocenters. The fourth-order valence-electron chi connectivity index (χ4n) is 3.49. The maximum Gasteiger partial charge on any atom is 0.387 e. The van der Waals surface area contributed by atoms with Crippen molar-refractivity contribution < 1.29 is 27.9 Å². The summed E-state index contributed by atoms with van der Waals surface area (Å²) in [4.78, 5) is 39.4. The Morgan fingerprint density at radius 1 is 0.969 bits per heavy atom. The first-order chi connectivity index (χ1) is 15.3. The fourth-order valence-corrected chi connectivity index (χ4v) is 3.49. The van der Waals surface area contributed by atoms with Gasteiger partial charge in [0.1, 0.15) is 5.75 Å². The van der Waals surface area contributed by atoms with E-state index in [4.69, 9.17) is 0 Å². The minimum Gasteiger partial charge on any atom is -0.435 e. The predicted octanol–water partition coefficient (Wildman–Crippen LogP) is 4.33. The van der Waals surface area contributed by atoms with Crippen LogP contribution in [0.5, 0.6) is 5.75 Å². The van der Waals surface area contributed by atoms with Gasteiger partial charge >= 0.3 is 6.61 Å². The number of imide groups is 1. The van der Waals surface area contributed by atoms with Crippen LogP contribution in [0.25, 0.3) is 0 Å². The Hall–Kier alpha value is -4.07. The van der Waals surface area contributed by atoms with Gasteiger partial charge in [-0.1, -0.05) is 30.3 Å². The molecule has 32 heavy (non-hydrogen) atoms. The molecule has 0 radical (unpaired) electrons. The summed E-state index contributed by atoms with van der Waals surface area (Å²) in [6.45, 7) is -0.950. The highest BCUT2D eigenvalue weighted by molar-refractivity contribution is 6.35. The smallest absolute Gasteiger partial charge is 0.387 e. The van der Waals surface area contributed by atoms with Crippen LogP contribution in [0.4, 0.5) is 14.5 Å². The van der Waals surface area contributed by atoms with Gasteiger partial charge in [-0.25, -0.2) is 4.90 Å². The number of hydrogen-bond acceptors (Lipinski definition) is 4. The van der Waals surface area contributed by atoms with Crippen molar-refractivity contribution in [3.05, 3.63) is 94.5 Å². The summed E-state index contributed by atoms with van der Waals surface area (Å²) < 4.78 is 28.7. The Bertz CT molecular complexity index is 1210. The first-order valence-corrected chi connectivity index (χ1v) is 9.75. The van der Waals surface area contributed by atoms with Crippen molar-refractivity contribution in [2.45, 2.75) is 20.1 Å². The predicted molar refractivity (Wildman–Crippen MR) is 113 cm³/mol. The molecule has 3 aromatic carbocycles. The molecule has 6 nitrogen and oxygen atoms in total. The Morgan fingerprint density at radius 2 is 1.66 bits per heavy atom. The van der Waals surface area contributed by atoms with Gasteiger partial charge in [0.2, 0.25) is 0 Å². The summed E-state index contributed by atoms with van der Waals surface area (Å²) in [6, 6.07) is 17.3. The van der Waals surface area contributed by atoms with Crippen LogP contribution in [0.1, 0.15) is 42.2 Å². The molecule has 1 aliphatic heterocycles. The number of para-hydroxylation sites is 1. The standard InChI is InChI=1S/C24H18F2N2O4/c1-14-4-2-3-5-20(14)28-22(30)18-11-8-16(12-19(18)23(28)31)21(29)27-13-15-6-9-17(10-7-15)32-24(25)26/h2-12,24H,13H2,1H3,(H,27,29). The molecule has 0 atom stereocenters. The Morgan fingerprint density at radius 3 is 2.34 bits per heavy atom. The van der Waals surface area contributed by atoms with Crippen molar-refractivity contribution in [3.63, 3.8) is 0 Å². The van der Waals surface area contributed by atoms with Gasteiger partial charge in [-0.15, -0.1) is 0 Å². The topological polar surface area (TPSA) is 75.7 Å². The molecule has 1 heterocycles. The number of aryl methyl sites for hydroxylation is 1. The summed E-state index contributed by atoms with van der Waals surface area (Å²) in [7, 11) is 0. The quantitative estimate of drug-likeness (QED) is 0.584. The number of anilines is 1. The van der Waals surface area contributed by atoms with E-state index >= 15 is 0 Å². The minimum absolute atomic E-state index is 0.0232. The second kappa shape index (κ2) is 8.58. The lowest BCUT2D eigenvalue weighted by Gasteiger charge is -2.16. The number of alkyl halides is 2. The molecule has 0 aromatic heterocycles. The zero-order valence-corrected chi connectivity index (χ0v) is 17.0. The van der Waals surface area contributed by atoms with Crippen LogP contribution >= 0.6 is 0 Å². The van der Waals surface area contributed by atoms with Crippen LogP contribution < -0.4 is 15.0 Å². The number of rotatable bonds is 6. The second-order valence-corrected chi connectivity index (χ2v) is 7.20. The van der Waals surface area contributed by atoms with Gasteiger partial charge in [-0.05, 0) is 54.4 Å². The number of nitrogens with zero attached hydrogens (tertiary/aromatic N) is 1. The number of carbonyl (C=O) groups is 3. The van der Waals surface area contributed by atoms with Crippen LogP contribution in [0.15, 0.2) is 66.7 Å². The number of nitrogens with one attached hydrogen (secondary N) is 1. The van der Waals surface area contributed by atoms with Gasteiger partial charge in [0, 0.05) is 12.1 Å². The monoisotopic (exact) mass is 436 g/mol. The fraction of sp³-hybridized carbons (Fsp3) is 0.125. The summed E-state index contributed by atoms with van der Waals surface area (Å²) in [5, 5.41) is 2.71. The summed E-state index contributed by atoms with van der Waals surface area (Å²) in [5.41, 5.74) is 2.60. The molecule has 3 aromatic rings. The van der Waals surface area contributed by atoms with Crippen LogP contribution in [0.3, 0.4) is 0 Å². The molecule has 0 fully saturated rings. The molecule has 162 valence electrons. The van der Waals surface area contributed by atoms with Gasteiger partial charge in [-0.2, -0.15) is 8.78 Å². The largest absolute Gasteiger partial charge is 0.435 e. The Kier molecular flexibility index (Phi) is 5.68. The van der Waals surface area contributed by atoms with Crippen LogP contribution in [0, 0.1) is 6.92 Å². The number of carbonyl (C=O) groups excluding carboxylic acids is 3. The lowest BCUT2D eigenvalue weighted by atomic mass is 10.1. The third-order valence-electron chi connectivity index (χ3n) is 5.11. The van der Waals surface area contributed by atoms with Gasteiger partial charge in [0.25, 0.3) is 17.7 Å². The Balaban J connectivity index is 1.48. The molecule has 1 aliphatic rings. The third kappa shape index (κ3) is 4.07. The normalized spacial score (nSPS) is 12.8. The second-order valence-electron chi connectivity index (χ2n) is 7.20. The molecule has 0 saturated heterocycles. The summed E-state index contributed by atoms with van der Waals surface area (Å²) in [6.07, 6.45) is 0.